The van der Waals surface area contributed by atoms with Crippen molar-refractivity contribution in [2.75, 3.05) is 4.72 Å². The Balaban J connectivity index is 2.06. The van der Waals surface area contributed by atoms with Crippen LogP contribution >= 0.6 is 15.9 Å². The molecule has 0 amide bonds. The van der Waals surface area contributed by atoms with Gasteiger partial charge < -0.3 is 0 Å². The molecule has 1 aliphatic carbocycles. The summed E-state index contributed by atoms with van der Waals surface area (Å²) in [6.45, 7) is 0. The van der Waals surface area contributed by atoms with Crippen molar-refractivity contribution >= 4 is 31.8 Å². The maximum Gasteiger partial charge on any atom is 0.299 e. The van der Waals surface area contributed by atoms with Gasteiger partial charge in [0.1, 0.15) is 0 Å². The number of halogens is 1. The fourth-order valence-corrected chi connectivity index (χ4v) is 2.73. The zero-order chi connectivity index (χ0) is 10.9. The zero-order valence-corrected chi connectivity index (χ0v) is 10.3. The highest BCUT2D eigenvalue weighted by Gasteiger charge is 2.26. The summed E-state index contributed by atoms with van der Waals surface area (Å²) < 4.78 is 28.9. The summed E-state index contributed by atoms with van der Waals surface area (Å²) in [4.78, 5) is 0. The molecule has 0 spiro atoms. The van der Waals surface area contributed by atoms with E-state index in [1.807, 2.05) is 6.07 Å². The van der Waals surface area contributed by atoms with Crippen LogP contribution in [0.15, 0.2) is 28.7 Å². The van der Waals surface area contributed by atoms with E-state index in [9.17, 15) is 8.42 Å². The van der Waals surface area contributed by atoms with Crippen molar-refractivity contribution in [3.63, 3.8) is 0 Å². The average molecular weight is 291 g/mol. The molecule has 1 saturated carbocycles. The minimum absolute atomic E-state index is 0.120. The number of benzene rings is 1. The van der Waals surface area contributed by atoms with Crippen LogP contribution in [0.1, 0.15) is 12.8 Å². The van der Waals surface area contributed by atoms with E-state index in [-0.39, 0.29) is 6.04 Å². The van der Waals surface area contributed by atoms with E-state index in [4.69, 9.17) is 0 Å². The molecule has 0 saturated heterocycles. The molecule has 1 aliphatic rings. The van der Waals surface area contributed by atoms with Gasteiger partial charge in [0.2, 0.25) is 0 Å². The number of rotatable bonds is 4. The molecule has 82 valence electrons. The smallest absolute Gasteiger partial charge is 0.271 e. The van der Waals surface area contributed by atoms with Gasteiger partial charge in [0.15, 0.2) is 0 Å². The highest BCUT2D eigenvalue weighted by molar-refractivity contribution is 9.10. The third-order valence-electron chi connectivity index (χ3n) is 1.98. The quantitative estimate of drug-likeness (QED) is 0.889. The van der Waals surface area contributed by atoms with Gasteiger partial charge in [-0.1, -0.05) is 22.0 Å². The fourth-order valence-electron chi connectivity index (χ4n) is 1.16. The van der Waals surface area contributed by atoms with Gasteiger partial charge in [-0.25, -0.2) is 0 Å². The summed E-state index contributed by atoms with van der Waals surface area (Å²) in [6.07, 6.45) is 1.86. The second-order valence-corrected chi connectivity index (χ2v) is 5.87. The van der Waals surface area contributed by atoms with Crippen LogP contribution in [-0.4, -0.2) is 14.5 Å². The van der Waals surface area contributed by atoms with Gasteiger partial charge >= 0.3 is 0 Å². The Morgan fingerprint density at radius 1 is 1.33 bits per heavy atom. The van der Waals surface area contributed by atoms with Crippen molar-refractivity contribution in [1.29, 1.82) is 0 Å². The molecule has 0 radical (unpaired) electrons. The summed E-state index contributed by atoms with van der Waals surface area (Å²) in [5.41, 5.74) is 0.553. The summed E-state index contributed by atoms with van der Waals surface area (Å²) in [6, 6.07) is 7.16. The Labute approximate surface area is 97.4 Å². The zero-order valence-electron chi connectivity index (χ0n) is 7.90. The summed E-state index contributed by atoms with van der Waals surface area (Å²) >= 11 is 3.28. The van der Waals surface area contributed by atoms with E-state index in [2.05, 4.69) is 25.4 Å². The average Bonchev–Trinajstić information content (AvgIpc) is 2.86. The van der Waals surface area contributed by atoms with E-state index < -0.39 is 10.2 Å². The highest BCUT2D eigenvalue weighted by atomic mass is 79.9. The van der Waals surface area contributed by atoms with Crippen LogP contribution in [0.5, 0.6) is 0 Å². The Morgan fingerprint density at radius 2 is 2.07 bits per heavy atom. The lowest BCUT2D eigenvalue weighted by Gasteiger charge is -2.08. The van der Waals surface area contributed by atoms with E-state index in [1.54, 1.807) is 18.2 Å². The first-order valence-corrected chi connectivity index (χ1v) is 6.88. The Kier molecular flexibility index (Phi) is 2.99. The molecule has 15 heavy (non-hydrogen) atoms. The molecule has 0 heterocycles. The van der Waals surface area contributed by atoms with Crippen molar-refractivity contribution in [1.82, 2.24) is 4.72 Å². The third kappa shape index (κ3) is 3.48. The van der Waals surface area contributed by atoms with Crippen LogP contribution in [-0.2, 0) is 10.2 Å². The number of anilines is 1. The van der Waals surface area contributed by atoms with Crippen molar-refractivity contribution < 1.29 is 8.42 Å². The van der Waals surface area contributed by atoms with Crippen LogP contribution in [0.25, 0.3) is 0 Å². The topological polar surface area (TPSA) is 58.2 Å². The van der Waals surface area contributed by atoms with E-state index >= 15 is 0 Å². The number of hydrogen-bond donors (Lipinski definition) is 2. The normalized spacial score (nSPS) is 16.3. The SMILES string of the molecule is O=S(=O)(Nc1cccc(Br)c1)NC1CC1. The minimum Gasteiger partial charge on any atom is -0.271 e. The van der Waals surface area contributed by atoms with Crippen LogP contribution in [0, 0.1) is 0 Å². The minimum atomic E-state index is -3.41. The van der Waals surface area contributed by atoms with Crippen LogP contribution in [0.3, 0.4) is 0 Å². The van der Waals surface area contributed by atoms with Crippen molar-refractivity contribution in [3.8, 4) is 0 Å². The highest BCUT2D eigenvalue weighted by Crippen LogP contribution is 2.21. The molecule has 2 rings (SSSR count). The maximum atomic E-state index is 11.5. The second kappa shape index (κ2) is 4.11. The standard InChI is InChI=1S/C9H11BrN2O2S/c10-7-2-1-3-9(6-7)12-15(13,14)11-8-4-5-8/h1-3,6,8,11-12H,4-5H2. The molecule has 1 aromatic rings. The molecule has 2 N–H and O–H groups in total. The first-order chi connectivity index (χ1) is 7.05. The lowest BCUT2D eigenvalue weighted by atomic mass is 10.3. The first kappa shape index (κ1) is 10.9. The number of nitrogens with one attached hydrogen (secondary N) is 2. The molecule has 0 bridgehead atoms. The van der Waals surface area contributed by atoms with Gasteiger partial charge in [-0.15, -0.1) is 0 Å². The largest absolute Gasteiger partial charge is 0.299 e. The fraction of sp³-hybridized carbons (Fsp3) is 0.333. The van der Waals surface area contributed by atoms with Crippen molar-refractivity contribution in [2.24, 2.45) is 0 Å². The molecule has 4 nitrogen and oxygen atoms in total. The second-order valence-electron chi connectivity index (χ2n) is 3.51. The first-order valence-electron chi connectivity index (χ1n) is 4.61. The predicted molar refractivity (Wildman–Crippen MR) is 62.8 cm³/mol. The maximum absolute atomic E-state index is 11.5. The van der Waals surface area contributed by atoms with Gasteiger partial charge in [0.05, 0.1) is 5.69 Å². The lowest BCUT2D eigenvalue weighted by molar-refractivity contribution is 0.586. The van der Waals surface area contributed by atoms with E-state index in [0.717, 1.165) is 17.3 Å². The molecule has 0 unspecified atom stereocenters. The molecule has 1 aromatic carbocycles. The molecule has 0 atom stereocenters. The summed E-state index contributed by atoms with van der Waals surface area (Å²) in [5.74, 6) is 0. The van der Waals surface area contributed by atoms with E-state index in [0.29, 0.717) is 5.69 Å². The Hall–Kier alpha value is -0.590. The molecular formula is C9H11BrN2O2S. The van der Waals surface area contributed by atoms with Crippen molar-refractivity contribution in [3.05, 3.63) is 28.7 Å². The molecule has 6 heteroatoms. The van der Waals surface area contributed by atoms with Gasteiger partial charge in [0.25, 0.3) is 10.2 Å². The molecule has 0 aromatic heterocycles. The van der Waals surface area contributed by atoms with Gasteiger partial charge in [-0.2, -0.15) is 13.1 Å². The summed E-state index contributed by atoms with van der Waals surface area (Å²) in [7, 11) is -3.41. The van der Waals surface area contributed by atoms with Crippen LogP contribution < -0.4 is 9.44 Å². The third-order valence-corrected chi connectivity index (χ3v) is 3.62. The van der Waals surface area contributed by atoms with Gasteiger partial charge in [-0.3, -0.25) is 4.72 Å². The van der Waals surface area contributed by atoms with Crippen LogP contribution in [0.4, 0.5) is 5.69 Å². The Bertz CT molecular complexity index is 457. The summed E-state index contributed by atoms with van der Waals surface area (Å²) in [5, 5.41) is 0. The lowest BCUT2D eigenvalue weighted by Crippen LogP contribution is -2.31. The van der Waals surface area contributed by atoms with Gasteiger partial charge in [-0.05, 0) is 31.0 Å². The van der Waals surface area contributed by atoms with Gasteiger partial charge in [0, 0.05) is 10.5 Å². The van der Waals surface area contributed by atoms with Crippen molar-refractivity contribution in [2.45, 2.75) is 18.9 Å². The Morgan fingerprint density at radius 3 is 2.67 bits per heavy atom. The van der Waals surface area contributed by atoms with Crippen LogP contribution in [0.2, 0.25) is 0 Å². The predicted octanol–water partition coefficient (Wildman–Crippen LogP) is 1.86. The molecule has 0 aliphatic heterocycles. The monoisotopic (exact) mass is 290 g/mol. The number of hydrogen-bond acceptors (Lipinski definition) is 2. The molecular weight excluding hydrogens is 280 g/mol. The van der Waals surface area contributed by atoms with E-state index in [1.165, 1.54) is 0 Å². The molecule has 1 fully saturated rings.